The Balaban J connectivity index is 1.60. The van der Waals surface area contributed by atoms with Gasteiger partial charge in [-0.1, -0.05) is 23.7 Å². The minimum Gasteiger partial charge on any atom is -0.493 e. The third kappa shape index (κ3) is 4.90. The van der Waals surface area contributed by atoms with Crippen molar-refractivity contribution >= 4 is 29.3 Å². The van der Waals surface area contributed by atoms with Gasteiger partial charge in [0.1, 0.15) is 6.04 Å². The fourth-order valence-electron chi connectivity index (χ4n) is 3.04. The molecule has 1 aliphatic rings. The van der Waals surface area contributed by atoms with Crippen molar-refractivity contribution < 1.29 is 23.9 Å². The molecule has 0 bridgehead atoms. The van der Waals surface area contributed by atoms with Crippen molar-refractivity contribution in [1.82, 2.24) is 15.8 Å². The molecule has 1 fully saturated rings. The molecule has 0 aliphatic carbocycles. The number of carbonyl (C=O) groups is 3. The molecule has 8 nitrogen and oxygen atoms in total. The van der Waals surface area contributed by atoms with Crippen molar-refractivity contribution in [2.24, 2.45) is 0 Å². The van der Waals surface area contributed by atoms with Crippen molar-refractivity contribution in [3.63, 3.8) is 0 Å². The summed E-state index contributed by atoms with van der Waals surface area (Å²) in [5.41, 5.74) is 6.24. The van der Waals surface area contributed by atoms with Crippen molar-refractivity contribution in [3.05, 3.63) is 58.6 Å². The highest BCUT2D eigenvalue weighted by Crippen LogP contribution is 2.28. The number of likely N-dealkylation sites (tertiary alicyclic amines) is 1. The maximum atomic E-state index is 12.6. The quantitative estimate of drug-likeness (QED) is 0.491. The van der Waals surface area contributed by atoms with Crippen LogP contribution in [0.25, 0.3) is 0 Å². The average Bonchev–Trinajstić information content (AvgIpc) is 3.01. The number of amides is 3. The molecule has 9 heteroatoms. The summed E-state index contributed by atoms with van der Waals surface area (Å²) in [4.78, 5) is 38.4. The van der Waals surface area contributed by atoms with Crippen molar-refractivity contribution in [2.45, 2.75) is 25.9 Å². The molecular weight excluding hydrogens is 410 g/mol. The standard InChI is InChI=1S/C21H22ClN3O5/c1-3-30-17-9-6-14(10-18(17)29-2)20(27)24-23-16-11-19(26)25(21(16)28)12-13-4-7-15(22)8-5-13/h4-10,16,23H,3,11-12H2,1-2H3,(H,24,27)/t16-/m1/s1. The number of benzene rings is 2. The molecule has 0 unspecified atom stereocenters. The predicted octanol–water partition coefficient (Wildman–Crippen LogP) is 2.31. The van der Waals surface area contributed by atoms with Gasteiger partial charge in [0, 0.05) is 10.6 Å². The average molecular weight is 432 g/mol. The molecule has 2 N–H and O–H groups in total. The number of carbonyl (C=O) groups excluding carboxylic acids is 3. The number of nitrogens with one attached hydrogen (secondary N) is 2. The van der Waals surface area contributed by atoms with Gasteiger partial charge in [-0.2, -0.15) is 0 Å². The number of methoxy groups -OCH3 is 1. The van der Waals surface area contributed by atoms with E-state index >= 15 is 0 Å². The molecule has 0 aromatic heterocycles. The van der Waals surface area contributed by atoms with Crippen LogP contribution in [-0.2, 0) is 16.1 Å². The van der Waals surface area contributed by atoms with Gasteiger partial charge in [-0.05, 0) is 42.8 Å². The fourth-order valence-corrected chi connectivity index (χ4v) is 3.17. The van der Waals surface area contributed by atoms with Crippen LogP contribution in [-0.4, -0.2) is 42.4 Å². The van der Waals surface area contributed by atoms with Gasteiger partial charge in [0.05, 0.1) is 26.7 Å². The molecule has 1 atom stereocenters. The second kappa shape index (κ2) is 9.60. The minimum atomic E-state index is -0.835. The van der Waals surface area contributed by atoms with Crippen LogP contribution >= 0.6 is 11.6 Å². The number of nitrogens with zero attached hydrogens (tertiary/aromatic N) is 1. The van der Waals surface area contributed by atoms with Gasteiger partial charge in [-0.3, -0.25) is 24.7 Å². The largest absolute Gasteiger partial charge is 0.493 e. The predicted molar refractivity (Wildman–Crippen MR) is 110 cm³/mol. The number of imide groups is 1. The molecule has 3 amide bonds. The molecule has 1 aliphatic heterocycles. The molecule has 30 heavy (non-hydrogen) atoms. The summed E-state index contributed by atoms with van der Waals surface area (Å²) in [7, 11) is 1.48. The number of hydrazine groups is 1. The monoisotopic (exact) mass is 431 g/mol. The van der Waals surface area contributed by atoms with E-state index in [-0.39, 0.29) is 18.9 Å². The smallest absolute Gasteiger partial charge is 0.265 e. The zero-order chi connectivity index (χ0) is 21.7. The highest BCUT2D eigenvalue weighted by Gasteiger charge is 2.38. The molecule has 3 rings (SSSR count). The van der Waals surface area contributed by atoms with Gasteiger partial charge in [0.15, 0.2) is 11.5 Å². The Labute approximate surface area is 179 Å². The Morgan fingerprint density at radius 2 is 1.90 bits per heavy atom. The maximum Gasteiger partial charge on any atom is 0.265 e. The Kier molecular flexibility index (Phi) is 6.91. The highest BCUT2D eigenvalue weighted by atomic mass is 35.5. The van der Waals surface area contributed by atoms with E-state index in [1.165, 1.54) is 13.2 Å². The lowest BCUT2D eigenvalue weighted by atomic mass is 10.2. The summed E-state index contributed by atoms with van der Waals surface area (Å²) >= 11 is 5.86. The first-order valence-corrected chi connectivity index (χ1v) is 9.76. The van der Waals surface area contributed by atoms with Crippen molar-refractivity contribution in [2.75, 3.05) is 13.7 Å². The van der Waals surface area contributed by atoms with Gasteiger partial charge in [0.25, 0.3) is 5.91 Å². The Morgan fingerprint density at radius 1 is 1.17 bits per heavy atom. The van der Waals surface area contributed by atoms with E-state index in [0.717, 1.165) is 10.5 Å². The molecule has 158 valence electrons. The molecule has 0 saturated carbocycles. The summed E-state index contributed by atoms with van der Waals surface area (Å²) in [6, 6.07) is 10.8. The van der Waals surface area contributed by atoms with Crippen LogP contribution in [0, 0.1) is 0 Å². The Bertz CT molecular complexity index is 948. The second-order valence-electron chi connectivity index (χ2n) is 6.60. The highest BCUT2D eigenvalue weighted by molar-refractivity contribution is 6.30. The summed E-state index contributed by atoms with van der Waals surface area (Å²) in [6.07, 6.45) is -0.0424. The van der Waals surface area contributed by atoms with Crippen LogP contribution in [0.3, 0.4) is 0 Å². The lowest BCUT2D eigenvalue weighted by Gasteiger charge is -2.16. The van der Waals surface area contributed by atoms with E-state index in [4.69, 9.17) is 21.1 Å². The normalized spacial score (nSPS) is 16.0. The third-order valence-electron chi connectivity index (χ3n) is 4.58. The minimum absolute atomic E-state index is 0.0424. The lowest BCUT2D eigenvalue weighted by Crippen LogP contribution is -2.48. The van der Waals surface area contributed by atoms with Gasteiger partial charge in [0.2, 0.25) is 11.8 Å². The van der Waals surface area contributed by atoms with E-state index in [1.807, 2.05) is 6.92 Å². The SMILES string of the molecule is CCOc1ccc(C(=O)NN[C@@H]2CC(=O)N(Cc3ccc(Cl)cc3)C2=O)cc1OC. The van der Waals surface area contributed by atoms with E-state index in [9.17, 15) is 14.4 Å². The van der Waals surface area contributed by atoms with E-state index in [0.29, 0.717) is 28.7 Å². The Morgan fingerprint density at radius 3 is 2.57 bits per heavy atom. The molecule has 0 spiro atoms. The lowest BCUT2D eigenvalue weighted by molar-refractivity contribution is -0.139. The summed E-state index contributed by atoms with van der Waals surface area (Å²) in [5.74, 6) is -0.235. The van der Waals surface area contributed by atoms with Crippen LogP contribution in [0.5, 0.6) is 11.5 Å². The zero-order valence-corrected chi connectivity index (χ0v) is 17.4. The van der Waals surface area contributed by atoms with Crippen LogP contribution in [0.2, 0.25) is 5.02 Å². The summed E-state index contributed by atoms with van der Waals surface area (Å²) < 4.78 is 10.7. The molecule has 0 radical (unpaired) electrons. The first kappa shape index (κ1) is 21.6. The summed E-state index contributed by atoms with van der Waals surface area (Å²) in [5, 5.41) is 0.575. The molecule has 1 heterocycles. The van der Waals surface area contributed by atoms with E-state index < -0.39 is 17.9 Å². The molecule has 2 aromatic carbocycles. The molecule has 1 saturated heterocycles. The van der Waals surface area contributed by atoms with Crippen molar-refractivity contribution in [3.8, 4) is 11.5 Å². The van der Waals surface area contributed by atoms with Gasteiger partial charge < -0.3 is 9.47 Å². The van der Waals surface area contributed by atoms with Crippen molar-refractivity contribution in [1.29, 1.82) is 0 Å². The van der Waals surface area contributed by atoms with Crippen LogP contribution in [0.4, 0.5) is 0 Å². The van der Waals surface area contributed by atoms with Gasteiger partial charge in [-0.15, -0.1) is 0 Å². The fraction of sp³-hybridized carbons (Fsp3) is 0.286. The third-order valence-corrected chi connectivity index (χ3v) is 4.84. The molecular formula is C21H22ClN3O5. The van der Waals surface area contributed by atoms with Crippen LogP contribution < -0.4 is 20.3 Å². The van der Waals surface area contributed by atoms with Gasteiger partial charge in [-0.25, -0.2) is 5.43 Å². The topological polar surface area (TPSA) is 97.0 Å². The van der Waals surface area contributed by atoms with E-state index in [1.54, 1.807) is 36.4 Å². The van der Waals surface area contributed by atoms with Crippen LogP contribution in [0.15, 0.2) is 42.5 Å². The number of rotatable bonds is 8. The zero-order valence-electron chi connectivity index (χ0n) is 16.6. The first-order chi connectivity index (χ1) is 14.4. The summed E-state index contributed by atoms with van der Waals surface area (Å²) in [6.45, 7) is 2.46. The second-order valence-corrected chi connectivity index (χ2v) is 7.03. The molecule has 2 aromatic rings. The maximum absolute atomic E-state index is 12.6. The van der Waals surface area contributed by atoms with Gasteiger partial charge >= 0.3 is 0 Å². The first-order valence-electron chi connectivity index (χ1n) is 9.38. The number of hydrogen-bond donors (Lipinski definition) is 2. The Hall–Kier alpha value is -3.10. The van der Waals surface area contributed by atoms with E-state index in [2.05, 4.69) is 10.9 Å². The number of hydrogen-bond acceptors (Lipinski definition) is 6. The van der Waals surface area contributed by atoms with Crippen LogP contribution in [0.1, 0.15) is 29.3 Å². The number of halogens is 1. The number of ether oxygens (including phenoxy) is 2.